The molecular formula is C20H19NO3. The van der Waals surface area contributed by atoms with Gasteiger partial charge in [0.15, 0.2) is 0 Å². The second-order valence-electron chi connectivity index (χ2n) is 6.60. The van der Waals surface area contributed by atoms with Gasteiger partial charge in [0, 0.05) is 18.7 Å². The number of benzene rings is 2. The van der Waals surface area contributed by atoms with Crippen molar-refractivity contribution in [1.82, 2.24) is 4.90 Å². The molecule has 1 aliphatic carbocycles. The lowest BCUT2D eigenvalue weighted by molar-refractivity contribution is 0.0692. The highest BCUT2D eigenvalue weighted by atomic mass is 16.4. The van der Waals surface area contributed by atoms with Gasteiger partial charge in [0.1, 0.15) is 0 Å². The topological polar surface area (TPSA) is 57.6 Å². The van der Waals surface area contributed by atoms with Crippen LogP contribution < -0.4 is 0 Å². The van der Waals surface area contributed by atoms with E-state index in [4.69, 9.17) is 5.11 Å². The number of aromatic carboxylic acids is 1. The van der Waals surface area contributed by atoms with E-state index < -0.39 is 5.97 Å². The first-order valence-electron chi connectivity index (χ1n) is 8.38. The molecule has 0 radical (unpaired) electrons. The van der Waals surface area contributed by atoms with E-state index in [9.17, 15) is 9.59 Å². The van der Waals surface area contributed by atoms with Crippen LogP contribution in [0.5, 0.6) is 0 Å². The summed E-state index contributed by atoms with van der Waals surface area (Å²) in [6.07, 6.45) is 4.06. The minimum Gasteiger partial charge on any atom is -0.478 e. The smallest absolute Gasteiger partial charge is 0.335 e. The van der Waals surface area contributed by atoms with Gasteiger partial charge in [0.25, 0.3) is 5.91 Å². The SMILES string of the molecule is O=C(O)c1ccc2c(c1)CCN(C(=O)c1ccc3c(c1)CCC3)C2. The minimum atomic E-state index is -0.908. The highest BCUT2D eigenvalue weighted by Crippen LogP contribution is 2.25. The van der Waals surface area contributed by atoms with Crippen molar-refractivity contribution < 1.29 is 14.7 Å². The van der Waals surface area contributed by atoms with Crippen LogP contribution in [0.25, 0.3) is 0 Å². The van der Waals surface area contributed by atoms with Gasteiger partial charge in [-0.05, 0) is 72.2 Å². The van der Waals surface area contributed by atoms with Crippen molar-refractivity contribution >= 4 is 11.9 Å². The summed E-state index contributed by atoms with van der Waals surface area (Å²) in [6, 6.07) is 11.3. The van der Waals surface area contributed by atoms with Crippen LogP contribution in [-0.4, -0.2) is 28.4 Å². The molecule has 1 amide bonds. The molecule has 4 heteroatoms. The molecule has 0 fully saturated rings. The van der Waals surface area contributed by atoms with Crippen LogP contribution in [0.3, 0.4) is 0 Å². The van der Waals surface area contributed by atoms with Crippen molar-refractivity contribution in [2.75, 3.05) is 6.54 Å². The van der Waals surface area contributed by atoms with Gasteiger partial charge in [-0.3, -0.25) is 4.79 Å². The molecule has 0 saturated heterocycles. The molecule has 0 spiro atoms. The van der Waals surface area contributed by atoms with Crippen LogP contribution in [0.1, 0.15) is 49.4 Å². The molecule has 0 saturated carbocycles. The predicted molar refractivity (Wildman–Crippen MR) is 90.3 cm³/mol. The van der Waals surface area contributed by atoms with Gasteiger partial charge in [-0.1, -0.05) is 12.1 Å². The van der Waals surface area contributed by atoms with E-state index in [-0.39, 0.29) is 5.91 Å². The third-order valence-corrected chi connectivity index (χ3v) is 5.10. The van der Waals surface area contributed by atoms with Crippen molar-refractivity contribution in [3.05, 3.63) is 69.8 Å². The summed E-state index contributed by atoms with van der Waals surface area (Å²) in [7, 11) is 0. The first-order valence-corrected chi connectivity index (χ1v) is 8.38. The maximum atomic E-state index is 12.8. The van der Waals surface area contributed by atoms with Gasteiger partial charge >= 0.3 is 5.97 Å². The minimum absolute atomic E-state index is 0.0673. The molecule has 4 rings (SSSR count). The van der Waals surface area contributed by atoms with Crippen molar-refractivity contribution in [3.8, 4) is 0 Å². The Morgan fingerprint density at radius 1 is 0.833 bits per heavy atom. The normalized spacial score (nSPS) is 15.8. The predicted octanol–water partition coefficient (Wildman–Crippen LogP) is 3.07. The number of hydrogen-bond donors (Lipinski definition) is 1. The monoisotopic (exact) mass is 321 g/mol. The Morgan fingerprint density at radius 3 is 2.33 bits per heavy atom. The van der Waals surface area contributed by atoms with Crippen molar-refractivity contribution in [1.29, 1.82) is 0 Å². The van der Waals surface area contributed by atoms with Crippen LogP contribution in [0.2, 0.25) is 0 Å². The number of carbonyl (C=O) groups is 2. The number of hydrogen-bond acceptors (Lipinski definition) is 2. The molecule has 24 heavy (non-hydrogen) atoms. The molecule has 0 unspecified atom stereocenters. The second-order valence-corrected chi connectivity index (χ2v) is 6.60. The summed E-state index contributed by atoms with van der Waals surface area (Å²) in [5.74, 6) is -0.841. The maximum Gasteiger partial charge on any atom is 0.335 e. The summed E-state index contributed by atoms with van der Waals surface area (Å²) < 4.78 is 0. The fourth-order valence-corrected chi connectivity index (χ4v) is 3.75. The van der Waals surface area contributed by atoms with Crippen molar-refractivity contribution in [2.45, 2.75) is 32.2 Å². The molecular weight excluding hydrogens is 302 g/mol. The molecule has 1 aliphatic heterocycles. The highest BCUT2D eigenvalue weighted by Gasteiger charge is 2.23. The average Bonchev–Trinajstić information content (AvgIpc) is 3.07. The first-order chi connectivity index (χ1) is 11.6. The second kappa shape index (κ2) is 5.78. The summed E-state index contributed by atoms with van der Waals surface area (Å²) in [6.45, 7) is 1.18. The van der Waals surface area contributed by atoms with Crippen LogP contribution in [-0.2, 0) is 25.8 Å². The van der Waals surface area contributed by atoms with E-state index in [1.54, 1.807) is 12.1 Å². The number of carboxylic acid groups (broad SMARTS) is 1. The number of rotatable bonds is 2. The lowest BCUT2D eigenvalue weighted by atomic mass is 9.96. The van der Waals surface area contributed by atoms with E-state index in [1.165, 1.54) is 17.5 Å². The number of fused-ring (bicyclic) bond motifs is 2. The number of amides is 1. The van der Waals surface area contributed by atoms with Gasteiger partial charge in [0.2, 0.25) is 0 Å². The molecule has 0 bridgehead atoms. The summed E-state index contributed by atoms with van der Waals surface area (Å²) in [5, 5.41) is 9.09. The highest BCUT2D eigenvalue weighted by molar-refractivity contribution is 5.94. The first kappa shape index (κ1) is 14.9. The number of carbonyl (C=O) groups excluding carboxylic acids is 1. The summed E-state index contributed by atoms with van der Waals surface area (Å²) in [5.41, 5.74) is 5.84. The van der Waals surface area contributed by atoms with Crippen LogP contribution in [0.4, 0.5) is 0 Å². The third-order valence-electron chi connectivity index (χ3n) is 5.10. The molecule has 0 atom stereocenters. The van der Waals surface area contributed by atoms with Gasteiger partial charge in [0.05, 0.1) is 5.56 Å². The zero-order chi connectivity index (χ0) is 16.7. The lowest BCUT2D eigenvalue weighted by Crippen LogP contribution is -2.36. The van der Waals surface area contributed by atoms with E-state index in [0.717, 1.165) is 29.5 Å². The fraction of sp³-hybridized carbons (Fsp3) is 0.300. The van der Waals surface area contributed by atoms with E-state index >= 15 is 0 Å². The molecule has 2 aromatic carbocycles. The van der Waals surface area contributed by atoms with E-state index in [1.807, 2.05) is 23.1 Å². The molecule has 4 nitrogen and oxygen atoms in total. The van der Waals surface area contributed by atoms with E-state index in [2.05, 4.69) is 6.07 Å². The Morgan fingerprint density at radius 2 is 1.50 bits per heavy atom. The Balaban J connectivity index is 1.56. The Bertz CT molecular complexity index is 841. The molecule has 0 aromatic heterocycles. The summed E-state index contributed by atoms with van der Waals surface area (Å²) >= 11 is 0. The van der Waals surface area contributed by atoms with Gasteiger partial charge in [-0.15, -0.1) is 0 Å². The average molecular weight is 321 g/mol. The van der Waals surface area contributed by atoms with Crippen LogP contribution in [0, 0.1) is 0 Å². The van der Waals surface area contributed by atoms with Gasteiger partial charge in [-0.2, -0.15) is 0 Å². The zero-order valence-electron chi connectivity index (χ0n) is 13.4. The molecule has 1 heterocycles. The maximum absolute atomic E-state index is 12.8. The lowest BCUT2D eigenvalue weighted by Gasteiger charge is -2.29. The zero-order valence-corrected chi connectivity index (χ0v) is 13.4. The Hall–Kier alpha value is -2.62. The Labute approximate surface area is 140 Å². The summed E-state index contributed by atoms with van der Waals surface area (Å²) in [4.78, 5) is 25.7. The Kier molecular flexibility index (Phi) is 3.60. The van der Waals surface area contributed by atoms with E-state index in [0.29, 0.717) is 25.1 Å². The van der Waals surface area contributed by atoms with Crippen LogP contribution in [0.15, 0.2) is 36.4 Å². The molecule has 2 aromatic rings. The molecule has 122 valence electrons. The standard InChI is InChI=1S/C20H19NO3/c22-19(16-5-4-13-2-1-3-14(13)10-16)21-9-8-15-11-17(20(23)24)6-7-18(15)12-21/h4-7,10-11H,1-3,8-9,12H2,(H,23,24). The molecule has 1 N–H and O–H groups in total. The van der Waals surface area contributed by atoms with Gasteiger partial charge < -0.3 is 10.0 Å². The van der Waals surface area contributed by atoms with Crippen molar-refractivity contribution in [3.63, 3.8) is 0 Å². The quantitative estimate of drug-likeness (QED) is 0.925. The van der Waals surface area contributed by atoms with Crippen LogP contribution >= 0.6 is 0 Å². The molecule has 2 aliphatic rings. The number of aryl methyl sites for hydroxylation is 2. The van der Waals surface area contributed by atoms with Crippen molar-refractivity contribution in [2.24, 2.45) is 0 Å². The largest absolute Gasteiger partial charge is 0.478 e. The number of carboxylic acids is 1. The third kappa shape index (κ3) is 2.58. The number of nitrogens with zero attached hydrogens (tertiary/aromatic N) is 1. The van der Waals surface area contributed by atoms with Gasteiger partial charge in [-0.25, -0.2) is 4.79 Å². The fourth-order valence-electron chi connectivity index (χ4n) is 3.75.